The highest BCUT2D eigenvalue weighted by molar-refractivity contribution is 7.90. The second kappa shape index (κ2) is 6.44. The smallest absolute Gasteiger partial charge is 0.310 e. The first-order valence-corrected chi connectivity index (χ1v) is 8.33. The van der Waals surface area contributed by atoms with Crippen LogP contribution in [-0.4, -0.2) is 31.9 Å². The molecule has 0 radical (unpaired) electrons. The molecule has 2 atom stereocenters. The lowest BCUT2D eigenvalue weighted by atomic mass is 10.1. The van der Waals surface area contributed by atoms with E-state index in [1.54, 1.807) is 18.2 Å². The first kappa shape index (κ1) is 15.8. The van der Waals surface area contributed by atoms with Crippen LogP contribution in [-0.2, 0) is 26.1 Å². The van der Waals surface area contributed by atoms with Crippen LogP contribution in [0.3, 0.4) is 0 Å². The molecule has 2 unspecified atom stereocenters. The van der Waals surface area contributed by atoms with Crippen molar-refractivity contribution in [2.24, 2.45) is 5.92 Å². The highest BCUT2D eigenvalue weighted by Crippen LogP contribution is 2.32. The zero-order chi connectivity index (χ0) is 15.5. The minimum Gasteiger partial charge on any atom is -0.508 e. The second-order valence-electron chi connectivity index (χ2n) is 5.09. The Morgan fingerprint density at radius 3 is 2.76 bits per heavy atom. The van der Waals surface area contributed by atoms with E-state index in [0.29, 0.717) is 24.8 Å². The molecular weight excluding hydrogens is 294 g/mol. The topological polar surface area (TPSA) is 92.7 Å². The molecule has 2 N–H and O–H groups in total. The number of benzene rings is 1. The monoisotopic (exact) mass is 313 g/mol. The summed E-state index contributed by atoms with van der Waals surface area (Å²) >= 11 is 0. The molecule has 0 heterocycles. The highest BCUT2D eigenvalue weighted by Gasteiger charge is 2.42. The van der Waals surface area contributed by atoms with Gasteiger partial charge >= 0.3 is 5.97 Å². The molecule has 116 valence electrons. The number of nitrogens with one attached hydrogen (secondary N) is 1. The van der Waals surface area contributed by atoms with Crippen molar-refractivity contribution < 1.29 is 23.1 Å². The number of esters is 1. The van der Waals surface area contributed by atoms with Crippen molar-refractivity contribution in [3.05, 3.63) is 29.8 Å². The van der Waals surface area contributed by atoms with Crippen molar-refractivity contribution >= 4 is 16.0 Å². The molecule has 2 rings (SSSR count). The van der Waals surface area contributed by atoms with Gasteiger partial charge in [-0.15, -0.1) is 0 Å². The van der Waals surface area contributed by atoms with Crippen molar-refractivity contribution in [3.8, 4) is 5.75 Å². The van der Waals surface area contributed by atoms with Crippen LogP contribution >= 0.6 is 0 Å². The number of carbonyl (C=O) groups is 1. The summed E-state index contributed by atoms with van der Waals surface area (Å²) in [6.07, 6.45) is 1.65. The SMILES string of the molecule is COC(=O)C1CCCC1S(=O)(=O)NCc1ccccc1O. The summed E-state index contributed by atoms with van der Waals surface area (Å²) < 4.78 is 31.8. The molecule has 0 spiro atoms. The van der Waals surface area contributed by atoms with Crippen molar-refractivity contribution in [1.82, 2.24) is 4.72 Å². The van der Waals surface area contributed by atoms with Crippen molar-refractivity contribution in [3.63, 3.8) is 0 Å². The van der Waals surface area contributed by atoms with Crippen molar-refractivity contribution in [2.45, 2.75) is 31.1 Å². The molecule has 0 amide bonds. The number of rotatable bonds is 5. The molecule has 6 nitrogen and oxygen atoms in total. The number of methoxy groups -OCH3 is 1. The fourth-order valence-corrected chi connectivity index (χ4v) is 4.39. The summed E-state index contributed by atoms with van der Waals surface area (Å²) in [5, 5.41) is 8.87. The molecule has 1 aliphatic carbocycles. The van der Waals surface area contributed by atoms with Gasteiger partial charge in [-0.1, -0.05) is 24.6 Å². The van der Waals surface area contributed by atoms with E-state index in [1.807, 2.05) is 0 Å². The van der Waals surface area contributed by atoms with Crippen LogP contribution in [0.1, 0.15) is 24.8 Å². The Bertz CT molecular complexity index is 614. The van der Waals surface area contributed by atoms with Gasteiger partial charge < -0.3 is 9.84 Å². The van der Waals surface area contributed by atoms with Crippen LogP contribution in [0.25, 0.3) is 0 Å². The number of carbonyl (C=O) groups excluding carboxylic acids is 1. The molecule has 1 fully saturated rings. The lowest BCUT2D eigenvalue weighted by Crippen LogP contribution is -2.39. The Hall–Kier alpha value is -1.60. The highest BCUT2D eigenvalue weighted by atomic mass is 32.2. The first-order chi connectivity index (χ1) is 9.95. The number of phenolic OH excluding ortho intramolecular Hbond substituents is 1. The van der Waals surface area contributed by atoms with Gasteiger partial charge in [0.1, 0.15) is 5.75 Å². The average molecular weight is 313 g/mol. The Morgan fingerprint density at radius 2 is 2.10 bits per heavy atom. The van der Waals surface area contributed by atoms with Crippen LogP contribution in [0, 0.1) is 5.92 Å². The number of ether oxygens (including phenoxy) is 1. The summed E-state index contributed by atoms with van der Waals surface area (Å²) in [5.74, 6) is -1.06. The third-order valence-corrected chi connectivity index (χ3v) is 5.72. The van der Waals surface area contributed by atoms with Gasteiger partial charge in [-0.3, -0.25) is 4.79 Å². The zero-order valence-electron chi connectivity index (χ0n) is 11.8. The largest absolute Gasteiger partial charge is 0.508 e. The van der Waals surface area contributed by atoms with Gasteiger partial charge in [0.25, 0.3) is 0 Å². The fraction of sp³-hybridized carbons (Fsp3) is 0.500. The van der Waals surface area contributed by atoms with E-state index in [0.717, 1.165) is 0 Å². The second-order valence-corrected chi connectivity index (χ2v) is 7.08. The summed E-state index contributed by atoms with van der Waals surface area (Å²) in [6.45, 7) is -0.000596. The quantitative estimate of drug-likeness (QED) is 0.796. The Labute approximate surface area is 124 Å². The van der Waals surface area contributed by atoms with Crippen LogP contribution < -0.4 is 4.72 Å². The first-order valence-electron chi connectivity index (χ1n) is 6.79. The lowest BCUT2D eigenvalue weighted by Gasteiger charge is -2.18. The Balaban J connectivity index is 2.08. The van der Waals surface area contributed by atoms with Gasteiger partial charge in [0.2, 0.25) is 10.0 Å². The predicted octanol–water partition coefficient (Wildman–Crippen LogP) is 1.15. The van der Waals surface area contributed by atoms with E-state index in [2.05, 4.69) is 9.46 Å². The number of hydrogen-bond acceptors (Lipinski definition) is 5. The third-order valence-electron chi connectivity index (χ3n) is 3.81. The van der Waals surface area contributed by atoms with Gasteiger partial charge in [-0.2, -0.15) is 0 Å². The maximum Gasteiger partial charge on any atom is 0.310 e. The zero-order valence-corrected chi connectivity index (χ0v) is 12.6. The third kappa shape index (κ3) is 3.54. The standard InChI is InChI=1S/C14H19NO5S/c1-20-14(17)11-6-4-8-13(11)21(18,19)15-9-10-5-2-3-7-12(10)16/h2-3,5,7,11,13,15-16H,4,6,8-9H2,1H3. The molecule has 0 aromatic heterocycles. The van der Waals surface area contributed by atoms with Crippen molar-refractivity contribution in [1.29, 1.82) is 0 Å². The van der Waals surface area contributed by atoms with Gasteiger partial charge in [-0.25, -0.2) is 13.1 Å². The van der Waals surface area contributed by atoms with E-state index in [-0.39, 0.29) is 12.3 Å². The maximum atomic E-state index is 12.3. The minimum atomic E-state index is -3.64. The van der Waals surface area contributed by atoms with Crippen LogP contribution in [0.5, 0.6) is 5.75 Å². The molecule has 21 heavy (non-hydrogen) atoms. The van der Waals surface area contributed by atoms with E-state index in [4.69, 9.17) is 0 Å². The Kier molecular flexibility index (Phi) is 4.84. The predicted molar refractivity (Wildman–Crippen MR) is 77.0 cm³/mol. The van der Waals surface area contributed by atoms with Gasteiger partial charge in [0.05, 0.1) is 18.3 Å². The molecule has 1 aliphatic rings. The molecule has 1 aromatic rings. The number of phenols is 1. The molecular formula is C14H19NO5S. The van der Waals surface area contributed by atoms with E-state index < -0.39 is 27.2 Å². The van der Waals surface area contributed by atoms with Crippen molar-refractivity contribution in [2.75, 3.05) is 7.11 Å². The lowest BCUT2D eigenvalue weighted by molar-refractivity contribution is -0.145. The summed E-state index contributed by atoms with van der Waals surface area (Å²) in [7, 11) is -2.38. The summed E-state index contributed by atoms with van der Waals surface area (Å²) in [6, 6.07) is 6.52. The van der Waals surface area contributed by atoms with E-state index >= 15 is 0 Å². The number of hydrogen-bond donors (Lipinski definition) is 2. The van der Waals surface area contributed by atoms with Gasteiger partial charge in [0, 0.05) is 12.1 Å². The Morgan fingerprint density at radius 1 is 1.38 bits per heavy atom. The number of para-hydroxylation sites is 1. The number of sulfonamides is 1. The fourth-order valence-electron chi connectivity index (χ4n) is 2.66. The minimum absolute atomic E-state index is 0.000596. The van der Waals surface area contributed by atoms with E-state index in [1.165, 1.54) is 13.2 Å². The average Bonchev–Trinajstić information content (AvgIpc) is 2.96. The number of aromatic hydroxyl groups is 1. The van der Waals surface area contributed by atoms with Gasteiger partial charge in [0.15, 0.2) is 0 Å². The molecule has 7 heteroatoms. The van der Waals surface area contributed by atoms with Crippen LogP contribution in [0.4, 0.5) is 0 Å². The van der Waals surface area contributed by atoms with Gasteiger partial charge in [-0.05, 0) is 18.9 Å². The van der Waals surface area contributed by atoms with Crippen LogP contribution in [0.15, 0.2) is 24.3 Å². The molecule has 0 saturated heterocycles. The normalized spacial score (nSPS) is 22.1. The summed E-state index contributed by atoms with van der Waals surface area (Å²) in [4.78, 5) is 11.6. The molecule has 1 saturated carbocycles. The molecule has 0 bridgehead atoms. The molecule has 1 aromatic carbocycles. The van der Waals surface area contributed by atoms with Crippen LogP contribution in [0.2, 0.25) is 0 Å². The molecule has 0 aliphatic heterocycles. The maximum absolute atomic E-state index is 12.3. The van der Waals surface area contributed by atoms with E-state index in [9.17, 15) is 18.3 Å². The summed E-state index contributed by atoms with van der Waals surface area (Å²) in [5.41, 5.74) is 0.494.